The summed E-state index contributed by atoms with van der Waals surface area (Å²) in [6, 6.07) is 7.24. The number of rotatable bonds is 5. The number of hydrogen-bond donors (Lipinski definition) is 1. The number of nitrogens with zero attached hydrogens (tertiary/aromatic N) is 2. The van der Waals surface area contributed by atoms with E-state index in [1.165, 1.54) is 30.6 Å². The smallest absolute Gasteiger partial charge is 0.312 e. The normalized spacial score (nSPS) is 26.3. The molecule has 29 heavy (non-hydrogen) atoms. The average molecular weight is 400 g/mol. The predicted octanol–water partition coefficient (Wildman–Crippen LogP) is 2.40. The Labute approximate surface area is 170 Å². The Bertz CT molecular complexity index is 756. The summed E-state index contributed by atoms with van der Waals surface area (Å²) in [6.07, 6.45) is 5.01. The monoisotopic (exact) mass is 400 g/mol. The summed E-state index contributed by atoms with van der Waals surface area (Å²) in [7, 11) is 0. The van der Waals surface area contributed by atoms with Crippen molar-refractivity contribution in [3.05, 3.63) is 29.8 Å². The highest BCUT2D eigenvalue weighted by molar-refractivity contribution is 5.94. The Morgan fingerprint density at radius 2 is 1.52 bits per heavy atom. The second-order valence-electron chi connectivity index (χ2n) is 8.56. The van der Waals surface area contributed by atoms with Gasteiger partial charge in [-0.3, -0.25) is 14.4 Å². The average Bonchev–Trinajstić information content (AvgIpc) is 2.96. The van der Waals surface area contributed by atoms with Crippen LogP contribution in [-0.4, -0.2) is 65.0 Å². The van der Waals surface area contributed by atoms with Crippen molar-refractivity contribution in [2.45, 2.75) is 44.6 Å². The van der Waals surface area contributed by atoms with Gasteiger partial charge in [0.25, 0.3) is 5.91 Å². The highest BCUT2D eigenvalue weighted by atomic mass is 16.5. The predicted molar refractivity (Wildman–Crippen MR) is 106 cm³/mol. The Kier molecular flexibility index (Phi) is 5.74. The van der Waals surface area contributed by atoms with E-state index in [1.54, 1.807) is 12.1 Å². The van der Waals surface area contributed by atoms with Gasteiger partial charge in [-0.25, -0.2) is 0 Å². The van der Waals surface area contributed by atoms with E-state index in [4.69, 9.17) is 9.84 Å². The van der Waals surface area contributed by atoms with Crippen molar-refractivity contribution >= 4 is 17.8 Å². The zero-order chi connectivity index (χ0) is 20.4. The van der Waals surface area contributed by atoms with Gasteiger partial charge in [-0.2, -0.15) is 0 Å². The Morgan fingerprint density at radius 1 is 0.897 bits per heavy atom. The minimum Gasteiger partial charge on any atom is -0.489 e. The molecular weight excluding hydrogens is 372 g/mol. The molecule has 0 aromatic heterocycles. The van der Waals surface area contributed by atoms with Gasteiger partial charge in [0.15, 0.2) is 0 Å². The molecule has 5 rings (SSSR count). The van der Waals surface area contributed by atoms with Crippen LogP contribution in [0.25, 0.3) is 0 Å². The number of amides is 2. The molecule has 3 saturated heterocycles. The summed E-state index contributed by atoms with van der Waals surface area (Å²) >= 11 is 0. The van der Waals surface area contributed by atoms with Crippen LogP contribution < -0.4 is 4.74 Å². The highest BCUT2D eigenvalue weighted by Crippen LogP contribution is 2.34. The molecule has 2 amide bonds. The summed E-state index contributed by atoms with van der Waals surface area (Å²) < 4.78 is 5.94. The van der Waals surface area contributed by atoms with E-state index in [1.807, 2.05) is 17.0 Å². The lowest BCUT2D eigenvalue weighted by Crippen LogP contribution is -2.34. The molecule has 1 atom stereocenters. The van der Waals surface area contributed by atoms with Crippen LogP contribution in [0.3, 0.4) is 0 Å². The molecule has 1 aliphatic carbocycles. The van der Waals surface area contributed by atoms with Crippen molar-refractivity contribution in [3.8, 4) is 5.75 Å². The van der Waals surface area contributed by atoms with Gasteiger partial charge < -0.3 is 19.6 Å². The molecule has 0 spiro atoms. The number of carbonyl (C=O) groups is 3. The molecule has 4 aliphatic rings. The maximum atomic E-state index is 12.9. The molecule has 3 heterocycles. The number of likely N-dealkylation sites (tertiary alicyclic amines) is 1. The fourth-order valence-corrected chi connectivity index (χ4v) is 4.80. The summed E-state index contributed by atoms with van der Waals surface area (Å²) in [5, 5.41) is 8.75. The van der Waals surface area contributed by atoms with E-state index in [-0.39, 0.29) is 17.9 Å². The molecule has 1 saturated carbocycles. The lowest BCUT2D eigenvalue weighted by molar-refractivity contribution is -0.143. The first kappa shape index (κ1) is 19.7. The number of carbonyl (C=O) groups excluding carboxylic acids is 2. The van der Waals surface area contributed by atoms with Crippen molar-refractivity contribution in [2.75, 3.05) is 26.2 Å². The van der Waals surface area contributed by atoms with Crippen LogP contribution in [0, 0.1) is 11.8 Å². The van der Waals surface area contributed by atoms with Crippen LogP contribution in [0.1, 0.15) is 48.9 Å². The second kappa shape index (κ2) is 8.43. The molecule has 1 unspecified atom stereocenters. The van der Waals surface area contributed by atoms with Crippen LogP contribution in [0.4, 0.5) is 0 Å². The molecule has 1 aromatic carbocycles. The molecule has 1 N–H and O–H groups in total. The number of carboxylic acid groups (broad SMARTS) is 1. The van der Waals surface area contributed by atoms with Gasteiger partial charge in [0, 0.05) is 31.6 Å². The molecule has 3 aliphatic heterocycles. The molecule has 2 bridgehead atoms. The molecule has 0 radical (unpaired) electrons. The fourth-order valence-electron chi connectivity index (χ4n) is 4.80. The Balaban J connectivity index is 1.32. The van der Waals surface area contributed by atoms with E-state index in [2.05, 4.69) is 0 Å². The third kappa shape index (κ3) is 4.71. The van der Waals surface area contributed by atoms with E-state index in [0.717, 1.165) is 13.1 Å². The van der Waals surface area contributed by atoms with Crippen molar-refractivity contribution in [3.63, 3.8) is 0 Å². The van der Waals surface area contributed by atoms with Crippen LogP contribution in [0.5, 0.6) is 5.75 Å². The highest BCUT2D eigenvalue weighted by Gasteiger charge is 2.32. The quantitative estimate of drug-likeness (QED) is 0.767. The van der Waals surface area contributed by atoms with Crippen LogP contribution in [0.2, 0.25) is 0 Å². The second-order valence-corrected chi connectivity index (χ2v) is 8.56. The zero-order valence-corrected chi connectivity index (χ0v) is 16.6. The summed E-state index contributed by atoms with van der Waals surface area (Å²) in [4.78, 5) is 39.0. The lowest BCUT2D eigenvalue weighted by atomic mass is 9.84. The first-order valence-electron chi connectivity index (χ1n) is 10.5. The maximum Gasteiger partial charge on any atom is 0.312 e. The van der Waals surface area contributed by atoms with Gasteiger partial charge in [-0.15, -0.1) is 0 Å². The van der Waals surface area contributed by atoms with Crippen LogP contribution in [0.15, 0.2) is 24.3 Å². The fraction of sp³-hybridized carbons (Fsp3) is 0.591. The van der Waals surface area contributed by atoms with Gasteiger partial charge in [0.05, 0.1) is 6.54 Å². The number of ether oxygens (including phenoxy) is 1. The topological polar surface area (TPSA) is 87.1 Å². The zero-order valence-electron chi connectivity index (χ0n) is 16.6. The third-order valence-electron chi connectivity index (χ3n) is 6.41. The first-order valence-corrected chi connectivity index (χ1v) is 10.5. The molecular formula is C22H28N2O5. The number of benzene rings is 1. The van der Waals surface area contributed by atoms with Crippen molar-refractivity contribution in [1.29, 1.82) is 0 Å². The maximum absolute atomic E-state index is 12.9. The van der Waals surface area contributed by atoms with Gasteiger partial charge in [-0.1, -0.05) is 0 Å². The lowest BCUT2D eigenvalue weighted by Gasteiger charge is -2.23. The van der Waals surface area contributed by atoms with E-state index in [9.17, 15) is 14.4 Å². The van der Waals surface area contributed by atoms with E-state index in [0.29, 0.717) is 42.7 Å². The third-order valence-corrected chi connectivity index (χ3v) is 6.41. The summed E-state index contributed by atoms with van der Waals surface area (Å²) in [5.74, 6) is 0.564. The first-order chi connectivity index (χ1) is 14.0. The van der Waals surface area contributed by atoms with Gasteiger partial charge >= 0.3 is 5.97 Å². The number of carboxylic acids is 1. The summed E-state index contributed by atoms with van der Waals surface area (Å²) in [5.41, 5.74) is 0.684. The number of fused-ring (bicyclic) bond motifs is 4. The Hall–Kier alpha value is -2.57. The number of hydrogen-bond acceptors (Lipinski definition) is 4. The summed E-state index contributed by atoms with van der Waals surface area (Å²) in [6.45, 7) is 2.64. The van der Waals surface area contributed by atoms with Gasteiger partial charge in [-0.05, 0) is 61.8 Å². The number of aliphatic carboxylic acids is 1. The molecule has 4 fully saturated rings. The van der Waals surface area contributed by atoms with Crippen LogP contribution in [-0.2, 0) is 9.59 Å². The van der Waals surface area contributed by atoms with Gasteiger partial charge in [0.1, 0.15) is 18.3 Å². The van der Waals surface area contributed by atoms with Crippen molar-refractivity contribution in [2.24, 2.45) is 11.8 Å². The van der Waals surface area contributed by atoms with Gasteiger partial charge in [0.2, 0.25) is 5.91 Å². The standard InChI is InChI=1S/C22H28N2O5/c25-20(11-21(26)27)23-10-9-19(14-23)29-18-7-5-17(6-8-18)22(28)24-12-15-1-2-16(13-24)4-3-15/h5-8,15-16,19H,1-4,9-14H2,(H,26,27). The minimum absolute atomic E-state index is 0.0988. The largest absolute Gasteiger partial charge is 0.489 e. The van der Waals surface area contributed by atoms with Crippen LogP contribution >= 0.6 is 0 Å². The molecule has 1 aromatic rings. The van der Waals surface area contributed by atoms with E-state index >= 15 is 0 Å². The van der Waals surface area contributed by atoms with Crippen molar-refractivity contribution < 1.29 is 24.2 Å². The SMILES string of the molecule is O=C(O)CC(=O)N1CCC(Oc2ccc(C(=O)N3CC4CCC(CC4)C3)cc2)C1. The molecule has 156 valence electrons. The molecule has 7 heteroatoms. The van der Waals surface area contributed by atoms with E-state index < -0.39 is 12.4 Å². The molecule has 7 nitrogen and oxygen atoms in total. The van der Waals surface area contributed by atoms with Crippen molar-refractivity contribution in [1.82, 2.24) is 9.80 Å². The minimum atomic E-state index is -1.11. The Morgan fingerprint density at radius 3 is 2.10 bits per heavy atom.